The lowest BCUT2D eigenvalue weighted by atomic mass is 10.4. The van der Waals surface area contributed by atoms with E-state index in [1.54, 1.807) is 30.4 Å². The fourth-order valence-electron chi connectivity index (χ4n) is 1.44. The molecule has 0 N–H and O–H groups in total. The smallest absolute Gasteiger partial charge is 0.125 e. The Morgan fingerprint density at radius 3 is 2.62 bits per heavy atom. The van der Waals surface area contributed by atoms with E-state index in [1.807, 2.05) is 12.1 Å². The topological polar surface area (TPSA) is 17.1 Å². The number of fused-ring (bicyclic) bond motifs is 1. The van der Waals surface area contributed by atoms with E-state index in [9.17, 15) is 4.21 Å². The molecule has 0 radical (unpaired) electrons. The van der Waals surface area contributed by atoms with Gasteiger partial charge < -0.3 is 0 Å². The van der Waals surface area contributed by atoms with Crippen molar-refractivity contribution in [1.82, 2.24) is 0 Å². The van der Waals surface area contributed by atoms with Crippen LogP contribution in [0.2, 0.25) is 19.6 Å². The van der Waals surface area contributed by atoms with Gasteiger partial charge in [-0.3, -0.25) is 0 Å². The molecule has 1 aliphatic heterocycles. The van der Waals surface area contributed by atoms with Crippen molar-refractivity contribution >= 4 is 63.4 Å². The molecule has 1 aliphatic rings. The van der Waals surface area contributed by atoms with Gasteiger partial charge in [-0.05, 0) is 31.9 Å². The molecule has 16 heavy (non-hydrogen) atoms. The molecule has 0 saturated carbocycles. The second-order valence-corrected chi connectivity index (χ2v) is 17.6. The summed E-state index contributed by atoms with van der Waals surface area (Å²) in [5.74, 6) is 0. The van der Waals surface area contributed by atoms with Gasteiger partial charge in [-0.2, -0.15) is 0 Å². The van der Waals surface area contributed by atoms with E-state index in [0.29, 0.717) is 0 Å². The van der Waals surface area contributed by atoms with Crippen molar-refractivity contribution in [3.05, 3.63) is 18.2 Å². The summed E-state index contributed by atoms with van der Waals surface area (Å²) in [4.78, 5) is 2.26. The second kappa shape index (κ2) is 5.32. The number of hydrogen-bond donors (Lipinski definition) is 0. The standard InChI is InChI=1S/C9H12OS5Si/c1-16(2,3)8-6-4-5-7-9(8)11-12-13-14-15(7)10/h4-6H,1-3H3. The van der Waals surface area contributed by atoms with Gasteiger partial charge in [0, 0.05) is 24.5 Å². The zero-order chi connectivity index (χ0) is 11.8. The third-order valence-corrected chi connectivity index (χ3v) is 13.8. The first-order valence-corrected chi connectivity index (χ1v) is 14.7. The zero-order valence-corrected chi connectivity index (χ0v) is 14.3. The van der Waals surface area contributed by atoms with Crippen LogP contribution >= 0.6 is 40.3 Å². The first kappa shape index (κ1) is 13.4. The predicted octanol–water partition coefficient (Wildman–Crippen LogP) is 4.30. The summed E-state index contributed by atoms with van der Waals surface area (Å²) in [7, 11) is 4.27. The maximum atomic E-state index is 12.0. The highest BCUT2D eigenvalue weighted by Gasteiger charge is 2.26. The van der Waals surface area contributed by atoms with Crippen LogP contribution in [-0.4, -0.2) is 12.3 Å². The van der Waals surface area contributed by atoms with Crippen molar-refractivity contribution in [2.45, 2.75) is 29.4 Å². The lowest BCUT2D eigenvalue weighted by Gasteiger charge is -2.20. The Bertz CT molecular complexity index is 428. The molecular weight excluding hydrogens is 313 g/mol. The molecule has 0 bridgehead atoms. The Balaban J connectivity index is 2.58. The monoisotopic (exact) mass is 324 g/mol. The van der Waals surface area contributed by atoms with Crippen LogP contribution in [0.1, 0.15) is 0 Å². The minimum absolute atomic E-state index is 0.917. The molecule has 1 nitrogen and oxygen atoms in total. The maximum absolute atomic E-state index is 12.0. The van der Waals surface area contributed by atoms with Gasteiger partial charge in [-0.25, -0.2) is 4.21 Å². The second-order valence-electron chi connectivity index (χ2n) is 4.40. The van der Waals surface area contributed by atoms with Crippen LogP contribution in [0, 0.1) is 0 Å². The molecule has 0 amide bonds. The van der Waals surface area contributed by atoms with Crippen LogP contribution < -0.4 is 5.19 Å². The van der Waals surface area contributed by atoms with Gasteiger partial charge in [0.1, 0.15) is 9.83 Å². The molecule has 0 aromatic heterocycles. The van der Waals surface area contributed by atoms with E-state index in [0.717, 1.165) is 4.90 Å². The minimum atomic E-state index is -1.35. The first-order chi connectivity index (χ1) is 7.50. The summed E-state index contributed by atoms with van der Waals surface area (Å²) in [5, 5.41) is 1.43. The Morgan fingerprint density at radius 1 is 1.19 bits per heavy atom. The molecule has 88 valence electrons. The van der Waals surface area contributed by atoms with Gasteiger partial charge in [0.2, 0.25) is 0 Å². The molecule has 0 fully saturated rings. The lowest BCUT2D eigenvalue weighted by Crippen LogP contribution is -2.39. The van der Waals surface area contributed by atoms with E-state index in [-0.39, 0.29) is 0 Å². The molecule has 0 aliphatic carbocycles. The minimum Gasteiger partial charge on any atom is -0.242 e. The fraction of sp³-hybridized carbons (Fsp3) is 0.333. The average molecular weight is 325 g/mol. The number of rotatable bonds is 1. The third kappa shape index (κ3) is 2.87. The van der Waals surface area contributed by atoms with Gasteiger partial charge in [-0.15, -0.1) is 0 Å². The van der Waals surface area contributed by atoms with Crippen LogP contribution in [-0.2, 0) is 9.83 Å². The van der Waals surface area contributed by atoms with E-state index >= 15 is 0 Å². The van der Waals surface area contributed by atoms with E-state index in [4.69, 9.17) is 0 Å². The molecule has 1 heterocycles. The van der Waals surface area contributed by atoms with Crippen LogP contribution in [0.3, 0.4) is 0 Å². The summed E-state index contributed by atoms with van der Waals surface area (Å²) in [6, 6.07) is 6.25. The molecule has 2 rings (SSSR count). The Labute approximate surface area is 114 Å². The Kier molecular flexibility index (Phi) is 4.46. The zero-order valence-electron chi connectivity index (χ0n) is 9.18. The SMILES string of the molecule is C[Si](C)(C)c1cccc2c1SSSSS2=O. The van der Waals surface area contributed by atoms with Crippen molar-refractivity contribution in [1.29, 1.82) is 0 Å². The maximum Gasteiger partial charge on any atom is 0.125 e. The quantitative estimate of drug-likeness (QED) is 0.564. The fourth-order valence-corrected chi connectivity index (χ4v) is 14.3. The summed E-state index contributed by atoms with van der Waals surface area (Å²) in [6.07, 6.45) is 0. The van der Waals surface area contributed by atoms with Gasteiger partial charge in [0.25, 0.3) is 0 Å². The molecule has 7 heteroatoms. The molecular formula is C9H12OS5Si. The molecule has 1 aromatic carbocycles. The van der Waals surface area contributed by atoms with Gasteiger partial charge >= 0.3 is 0 Å². The molecule has 1 aromatic rings. The van der Waals surface area contributed by atoms with E-state index < -0.39 is 17.9 Å². The summed E-state index contributed by atoms with van der Waals surface area (Å²) in [6.45, 7) is 7.01. The highest BCUT2D eigenvalue weighted by Crippen LogP contribution is 2.53. The highest BCUT2D eigenvalue weighted by molar-refractivity contribution is 9.34. The third-order valence-electron chi connectivity index (χ3n) is 2.20. The van der Waals surface area contributed by atoms with Crippen LogP contribution in [0.5, 0.6) is 0 Å². The van der Waals surface area contributed by atoms with Crippen LogP contribution in [0.25, 0.3) is 0 Å². The Morgan fingerprint density at radius 2 is 1.94 bits per heavy atom. The first-order valence-electron chi connectivity index (χ1n) is 4.74. The van der Waals surface area contributed by atoms with Crippen molar-refractivity contribution < 1.29 is 4.21 Å². The summed E-state index contributed by atoms with van der Waals surface area (Å²) >= 11 is 0. The van der Waals surface area contributed by atoms with Gasteiger partial charge in [0.05, 0.1) is 13.0 Å². The van der Waals surface area contributed by atoms with Crippen LogP contribution in [0.4, 0.5) is 0 Å². The van der Waals surface area contributed by atoms with Crippen LogP contribution in [0.15, 0.2) is 28.0 Å². The van der Waals surface area contributed by atoms with Crippen molar-refractivity contribution in [3.63, 3.8) is 0 Å². The highest BCUT2D eigenvalue weighted by atomic mass is 33.8. The average Bonchev–Trinajstić information content (AvgIpc) is 2.39. The molecule has 1 unspecified atom stereocenters. The van der Waals surface area contributed by atoms with Gasteiger partial charge in [0.15, 0.2) is 0 Å². The summed E-state index contributed by atoms with van der Waals surface area (Å²) < 4.78 is 12.0. The molecule has 0 spiro atoms. The summed E-state index contributed by atoms with van der Waals surface area (Å²) in [5.41, 5.74) is 0. The number of hydrogen-bond acceptors (Lipinski definition) is 5. The largest absolute Gasteiger partial charge is 0.242 e. The van der Waals surface area contributed by atoms with E-state index in [2.05, 4.69) is 25.7 Å². The normalized spacial score (nSPS) is 21.3. The predicted molar refractivity (Wildman–Crippen MR) is 84.5 cm³/mol. The Hall–Kier alpha value is 0.987. The molecule has 0 saturated heterocycles. The number of benzene rings is 1. The lowest BCUT2D eigenvalue weighted by molar-refractivity contribution is 0.690. The van der Waals surface area contributed by atoms with E-state index in [1.165, 1.54) is 19.9 Å². The van der Waals surface area contributed by atoms with Crippen molar-refractivity contribution in [2.24, 2.45) is 0 Å². The molecule has 1 atom stereocenters. The van der Waals surface area contributed by atoms with Gasteiger partial charge in [-0.1, -0.05) is 31.8 Å². The van der Waals surface area contributed by atoms with Crippen molar-refractivity contribution in [3.8, 4) is 0 Å². The van der Waals surface area contributed by atoms with Crippen molar-refractivity contribution in [2.75, 3.05) is 0 Å².